The second-order valence-corrected chi connectivity index (χ2v) is 6.88. The lowest BCUT2D eigenvalue weighted by atomic mass is 10.1. The first-order valence-electron chi connectivity index (χ1n) is 9.16. The summed E-state index contributed by atoms with van der Waals surface area (Å²) in [4.78, 5) is 38.9. The summed E-state index contributed by atoms with van der Waals surface area (Å²) in [5.41, 5.74) is 1.61. The van der Waals surface area contributed by atoms with E-state index in [-0.39, 0.29) is 18.0 Å². The van der Waals surface area contributed by atoms with E-state index in [2.05, 4.69) is 20.0 Å². The maximum Gasteiger partial charge on any atom is 0.258 e. The van der Waals surface area contributed by atoms with Crippen LogP contribution in [0.1, 0.15) is 35.1 Å². The Kier molecular flexibility index (Phi) is 6.61. The molecule has 1 N–H and O–H groups in total. The Bertz CT molecular complexity index is 1090. The van der Waals surface area contributed by atoms with Crippen LogP contribution in [-0.4, -0.2) is 40.6 Å². The largest absolute Gasteiger partial charge is 0.399 e. The van der Waals surface area contributed by atoms with Gasteiger partial charge in [-0.15, -0.1) is 0 Å². The summed E-state index contributed by atoms with van der Waals surface area (Å²) >= 11 is 6.02. The zero-order valence-corrected chi connectivity index (χ0v) is 16.9. The Morgan fingerprint density at radius 3 is 2.72 bits per heavy atom. The molecule has 0 bridgehead atoms. The van der Waals surface area contributed by atoms with Gasteiger partial charge >= 0.3 is 0 Å². The van der Waals surface area contributed by atoms with Crippen LogP contribution in [-0.2, 0) is 11.4 Å². The summed E-state index contributed by atoms with van der Waals surface area (Å²) in [7, 11) is 1.47. The molecule has 0 fully saturated rings. The van der Waals surface area contributed by atoms with Crippen molar-refractivity contribution < 1.29 is 9.63 Å². The fraction of sp³-hybridized carbons (Fsp3) is 0.238. The van der Waals surface area contributed by atoms with Gasteiger partial charge < -0.3 is 14.7 Å². The molecule has 0 atom stereocenters. The lowest BCUT2D eigenvalue weighted by Crippen LogP contribution is -2.32. The van der Waals surface area contributed by atoms with Gasteiger partial charge in [-0.05, 0) is 42.3 Å². The van der Waals surface area contributed by atoms with Crippen molar-refractivity contribution >= 4 is 34.6 Å². The Labute approximate surface area is 173 Å². The van der Waals surface area contributed by atoms with Crippen LogP contribution in [0.15, 0.2) is 52.4 Å². The molecule has 0 saturated heterocycles. The van der Waals surface area contributed by atoms with E-state index in [1.807, 2.05) is 6.92 Å². The second-order valence-electron chi connectivity index (χ2n) is 6.44. The number of H-pyrrole nitrogens is 1. The number of carbonyl (C=O) groups is 1. The Hall–Kier alpha value is -3.19. The quantitative estimate of drug-likeness (QED) is 0.474. The van der Waals surface area contributed by atoms with Crippen LogP contribution in [0.5, 0.6) is 0 Å². The molecule has 0 unspecified atom stereocenters. The number of aromatic amines is 1. The zero-order chi connectivity index (χ0) is 20.8. The zero-order valence-electron chi connectivity index (χ0n) is 16.2. The molecule has 3 aromatic rings. The van der Waals surface area contributed by atoms with Gasteiger partial charge in [-0.2, -0.15) is 0 Å². The number of nitrogens with zero attached hydrogens (tertiary/aromatic N) is 3. The van der Waals surface area contributed by atoms with Crippen LogP contribution >= 0.6 is 11.6 Å². The van der Waals surface area contributed by atoms with Crippen molar-refractivity contribution in [3.05, 3.63) is 74.8 Å². The van der Waals surface area contributed by atoms with Crippen molar-refractivity contribution in [1.82, 2.24) is 14.9 Å². The van der Waals surface area contributed by atoms with Gasteiger partial charge in [0.1, 0.15) is 12.9 Å². The number of oxime groups is 1. The van der Waals surface area contributed by atoms with Crippen molar-refractivity contribution in [2.75, 3.05) is 13.7 Å². The molecule has 1 amide bonds. The number of rotatable bonds is 7. The molecule has 7 nitrogen and oxygen atoms in total. The third-order valence-corrected chi connectivity index (χ3v) is 4.54. The molecule has 0 spiro atoms. The first-order valence-corrected chi connectivity index (χ1v) is 9.54. The van der Waals surface area contributed by atoms with Crippen molar-refractivity contribution in [2.24, 2.45) is 5.16 Å². The molecule has 2 aromatic carbocycles. The Balaban J connectivity index is 1.86. The normalized spacial score (nSPS) is 11.1. The minimum atomic E-state index is -0.257. The number of amides is 1. The van der Waals surface area contributed by atoms with Crippen LogP contribution in [0.4, 0.5) is 0 Å². The number of halogens is 1. The molecular formula is C21H21ClN4O3. The molecule has 0 saturated carbocycles. The second kappa shape index (κ2) is 9.34. The summed E-state index contributed by atoms with van der Waals surface area (Å²) in [6.45, 7) is 2.71. The van der Waals surface area contributed by atoms with Gasteiger partial charge in [-0.25, -0.2) is 4.98 Å². The fourth-order valence-corrected chi connectivity index (χ4v) is 3.11. The van der Waals surface area contributed by atoms with E-state index in [0.29, 0.717) is 33.9 Å². The van der Waals surface area contributed by atoms with Crippen molar-refractivity contribution in [3.8, 4) is 0 Å². The van der Waals surface area contributed by atoms with E-state index in [1.165, 1.54) is 7.11 Å². The number of aromatic nitrogens is 2. The molecule has 1 aromatic heterocycles. The monoisotopic (exact) mass is 412 g/mol. The summed E-state index contributed by atoms with van der Waals surface area (Å²) in [5, 5.41) is 4.66. The molecular weight excluding hydrogens is 392 g/mol. The standard InChI is InChI=1S/C21H21ClN4O3/c1-3-10-26(21(28)15-6-4-14(5-7-15)12-23-29-2)13-19-24-18-11-16(22)8-9-17(18)20(27)25-19/h4-9,11-12H,3,10,13H2,1-2H3,(H,24,25,27)/b23-12+. The van der Waals surface area contributed by atoms with Crippen LogP contribution in [0.2, 0.25) is 5.02 Å². The highest BCUT2D eigenvalue weighted by atomic mass is 35.5. The average molecular weight is 413 g/mol. The SMILES string of the molecule is CCCN(Cc1nc2cc(Cl)ccc2c(=O)[nH]1)C(=O)c1ccc(/C=N/OC)cc1. The molecule has 29 heavy (non-hydrogen) atoms. The Morgan fingerprint density at radius 2 is 2.03 bits per heavy atom. The van der Waals surface area contributed by atoms with E-state index in [4.69, 9.17) is 11.6 Å². The molecule has 3 rings (SSSR count). The Morgan fingerprint density at radius 1 is 1.28 bits per heavy atom. The predicted molar refractivity (Wildman–Crippen MR) is 113 cm³/mol. The highest BCUT2D eigenvalue weighted by Crippen LogP contribution is 2.16. The van der Waals surface area contributed by atoms with Crippen molar-refractivity contribution in [3.63, 3.8) is 0 Å². The minimum Gasteiger partial charge on any atom is -0.399 e. The summed E-state index contributed by atoms with van der Waals surface area (Å²) in [6.07, 6.45) is 2.33. The molecule has 0 aliphatic carbocycles. The van der Waals surface area contributed by atoms with Gasteiger partial charge in [-0.1, -0.05) is 35.8 Å². The van der Waals surface area contributed by atoms with E-state index < -0.39 is 0 Å². The van der Waals surface area contributed by atoms with Gasteiger partial charge in [0.05, 0.1) is 23.7 Å². The van der Waals surface area contributed by atoms with E-state index in [9.17, 15) is 9.59 Å². The molecule has 0 aliphatic heterocycles. The lowest BCUT2D eigenvalue weighted by molar-refractivity contribution is 0.0739. The first kappa shape index (κ1) is 20.5. The van der Waals surface area contributed by atoms with Crippen molar-refractivity contribution in [1.29, 1.82) is 0 Å². The van der Waals surface area contributed by atoms with Gasteiger partial charge in [0.25, 0.3) is 11.5 Å². The number of benzene rings is 2. The maximum absolute atomic E-state index is 13.0. The van der Waals surface area contributed by atoms with Crippen LogP contribution in [0, 0.1) is 0 Å². The lowest BCUT2D eigenvalue weighted by Gasteiger charge is -2.22. The van der Waals surface area contributed by atoms with Crippen LogP contribution in [0.25, 0.3) is 10.9 Å². The average Bonchev–Trinajstić information content (AvgIpc) is 2.71. The molecule has 0 aliphatic rings. The number of fused-ring (bicyclic) bond motifs is 1. The van der Waals surface area contributed by atoms with E-state index >= 15 is 0 Å². The highest BCUT2D eigenvalue weighted by Gasteiger charge is 2.17. The molecule has 0 radical (unpaired) electrons. The predicted octanol–water partition coefficient (Wildman–Crippen LogP) is 3.61. The van der Waals surface area contributed by atoms with Gasteiger partial charge in [-0.3, -0.25) is 9.59 Å². The molecule has 8 heteroatoms. The third-order valence-electron chi connectivity index (χ3n) is 4.30. The minimum absolute atomic E-state index is 0.143. The van der Waals surface area contributed by atoms with E-state index in [1.54, 1.807) is 53.6 Å². The summed E-state index contributed by atoms with van der Waals surface area (Å²) in [5.74, 6) is 0.270. The number of hydrogen-bond donors (Lipinski definition) is 1. The van der Waals surface area contributed by atoms with Gasteiger partial charge in [0.15, 0.2) is 0 Å². The molecule has 1 heterocycles. The number of nitrogens with one attached hydrogen (secondary N) is 1. The van der Waals surface area contributed by atoms with Gasteiger partial charge in [0.2, 0.25) is 0 Å². The van der Waals surface area contributed by atoms with Crippen LogP contribution < -0.4 is 5.56 Å². The van der Waals surface area contributed by atoms with Crippen LogP contribution in [0.3, 0.4) is 0 Å². The number of hydrogen-bond acceptors (Lipinski definition) is 5. The van der Waals surface area contributed by atoms with E-state index in [0.717, 1.165) is 12.0 Å². The topological polar surface area (TPSA) is 87.7 Å². The van der Waals surface area contributed by atoms with Crippen molar-refractivity contribution in [2.45, 2.75) is 19.9 Å². The summed E-state index contributed by atoms with van der Waals surface area (Å²) in [6, 6.07) is 12.0. The smallest absolute Gasteiger partial charge is 0.258 e. The first-order chi connectivity index (χ1) is 14.0. The number of carbonyl (C=O) groups excluding carboxylic acids is 1. The molecule has 150 valence electrons. The maximum atomic E-state index is 13.0. The highest BCUT2D eigenvalue weighted by molar-refractivity contribution is 6.31. The van der Waals surface area contributed by atoms with Gasteiger partial charge in [0, 0.05) is 17.1 Å². The summed E-state index contributed by atoms with van der Waals surface area (Å²) < 4.78 is 0. The third kappa shape index (κ3) is 5.00. The fourth-order valence-electron chi connectivity index (χ4n) is 2.95.